The lowest BCUT2D eigenvalue weighted by Crippen LogP contribution is -2.39. The van der Waals surface area contributed by atoms with Gasteiger partial charge in [0, 0.05) is 25.4 Å². The zero-order valence-corrected chi connectivity index (χ0v) is 10.3. The second-order valence-electron chi connectivity index (χ2n) is 4.92. The normalized spacial score (nSPS) is 21.2. The summed E-state index contributed by atoms with van der Waals surface area (Å²) in [6.45, 7) is 5.34. The van der Waals surface area contributed by atoms with Crippen LogP contribution in [0.25, 0.3) is 0 Å². The fourth-order valence-electron chi connectivity index (χ4n) is 2.45. The SMILES string of the molecule is CC1CCN(C(CN)c2cnn(C)c2)CC1. The van der Waals surface area contributed by atoms with Crippen LogP contribution < -0.4 is 5.73 Å². The number of piperidine rings is 1. The van der Waals surface area contributed by atoms with Gasteiger partial charge in [0.2, 0.25) is 0 Å². The van der Waals surface area contributed by atoms with Crippen molar-refractivity contribution in [2.45, 2.75) is 25.8 Å². The van der Waals surface area contributed by atoms with E-state index >= 15 is 0 Å². The molecule has 1 aliphatic heterocycles. The molecule has 2 heterocycles. The van der Waals surface area contributed by atoms with Crippen molar-refractivity contribution in [3.8, 4) is 0 Å². The number of hydrogen-bond donors (Lipinski definition) is 1. The highest BCUT2D eigenvalue weighted by Crippen LogP contribution is 2.25. The molecule has 1 aromatic heterocycles. The molecule has 0 aromatic carbocycles. The average Bonchev–Trinajstić information content (AvgIpc) is 2.69. The summed E-state index contributed by atoms with van der Waals surface area (Å²) in [6.07, 6.45) is 6.60. The number of aromatic nitrogens is 2. The molecule has 0 aliphatic carbocycles. The Kier molecular flexibility index (Phi) is 3.61. The third-order valence-corrected chi connectivity index (χ3v) is 3.59. The summed E-state index contributed by atoms with van der Waals surface area (Å²) in [4.78, 5) is 2.50. The van der Waals surface area contributed by atoms with Gasteiger partial charge in [-0.2, -0.15) is 5.10 Å². The van der Waals surface area contributed by atoms with Crippen LogP contribution in [0.4, 0.5) is 0 Å². The van der Waals surface area contributed by atoms with Gasteiger partial charge in [-0.3, -0.25) is 9.58 Å². The van der Waals surface area contributed by atoms with Crippen LogP contribution in [0.3, 0.4) is 0 Å². The molecular weight excluding hydrogens is 200 g/mol. The summed E-state index contributed by atoms with van der Waals surface area (Å²) >= 11 is 0. The third kappa shape index (κ3) is 2.44. The number of likely N-dealkylation sites (tertiary alicyclic amines) is 1. The Morgan fingerprint density at radius 2 is 2.19 bits per heavy atom. The van der Waals surface area contributed by atoms with E-state index in [1.807, 2.05) is 17.9 Å². The van der Waals surface area contributed by atoms with Crippen LogP contribution in [-0.2, 0) is 7.05 Å². The molecule has 4 nitrogen and oxygen atoms in total. The lowest BCUT2D eigenvalue weighted by atomic mass is 9.96. The Morgan fingerprint density at radius 3 is 2.69 bits per heavy atom. The van der Waals surface area contributed by atoms with Crippen LogP contribution >= 0.6 is 0 Å². The number of aryl methyl sites for hydroxylation is 1. The molecule has 1 unspecified atom stereocenters. The first-order valence-corrected chi connectivity index (χ1v) is 6.13. The molecule has 1 saturated heterocycles. The first kappa shape index (κ1) is 11.6. The summed E-state index contributed by atoms with van der Waals surface area (Å²) in [5.41, 5.74) is 7.15. The third-order valence-electron chi connectivity index (χ3n) is 3.59. The van der Waals surface area contributed by atoms with Gasteiger partial charge < -0.3 is 5.73 Å². The summed E-state index contributed by atoms with van der Waals surface area (Å²) < 4.78 is 1.85. The number of hydrogen-bond acceptors (Lipinski definition) is 3. The molecule has 4 heteroatoms. The van der Waals surface area contributed by atoms with Crippen LogP contribution in [0.5, 0.6) is 0 Å². The van der Waals surface area contributed by atoms with E-state index in [-0.39, 0.29) is 0 Å². The molecule has 0 saturated carbocycles. The zero-order chi connectivity index (χ0) is 11.5. The maximum atomic E-state index is 5.90. The van der Waals surface area contributed by atoms with Crippen LogP contribution in [0, 0.1) is 5.92 Å². The first-order chi connectivity index (χ1) is 7.70. The number of nitrogens with zero attached hydrogens (tertiary/aromatic N) is 3. The largest absolute Gasteiger partial charge is 0.329 e. The Balaban J connectivity index is 2.05. The summed E-state index contributed by atoms with van der Waals surface area (Å²) in [5.74, 6) is 0.864. The van der Waals surface area contributed by atoms with E-state index in [2.05, 4.69) is 23.1 Å². The number of nitrogens with two attached hydrogens (primary N) is 1. The Hall–Kier alpha value is -0.870. The monoisotopic (exact) mass is 222 g/mol. The second kappa shape index (κ2) is 4.97. The molecule has 2 rings (SSSR count). The standard InChI is InChI=1S/C12H22N4/c1-10-3-5-16(6-4-10)12(7-13)11-8-14-15(2)9-11/h8-10,12H,3-7,13H2,1-2H3. The highest BCUT2D eigenvalue weighted by Gasteiger charge is 2.24. The summed E-state index contributed by atoms with van der Waals surface area (Å²) in [5, 5.41) is 4.23. The van der Waals surface area contributed by atoms with E-state index in [0.717, 1.165) is 19.0 Å². The Bertz CT molecular complexity index is 326. The van der Waals surface area contributed by atoms with Crippen molar-refractivity contribution in [2.75, 3.05) is 19.6 Å². The Morgan fingerprint density at radius 1 is 1.50 bits per heavy atom. The van der Waals surface area contributed by atoms with Gasteiger partial charge in [0.1, 0.15) is 0 Å². The Labute approximate surface area is 97.4 Å². The van der Waals surface area contributed by atoms with Gasteiger partial charge in [-0.15, -0.1) is 0 Å². The molecule has 2 N–H and O–H groups in total. The van der Waals surface area contributed by atoms with Crippen LogP contribution in [-0.4, -0.2) is 34.3 Å². The van der Waals surface area contributed by atoms with Crippen molar-refractivity contribution in [1.82, 2.24) is 14.7 Å². The van der Waals surface area contributed by atoms with E-state index in [1.165, 1.54) is 18.4 Å². The van der Waals surface area contributed by atoms with Crippen molar-refractivity contribution in [3.05, 3.63) is 18.0 Å². The van der Waals surface area contributed by atoms with Gasteiger partial charge in [-0.1, -0.05) is 6.92 Å². The van der Waals surface area contributed by atoms with E-state index in [4.69, 9.17) is 5.73 Å². The van der Waals surface area contributed by atoms with E-state index in [9.17, 15) is 0 Å². The molecule has 1 atom stereocenters. The molecule has 0 radical (unpaired) electrons. The minimum absolute atomic E-state index is 0.348. The molecular formula is C12H22N4. The van der Waals surface area contributed by atoms with Gasteiger partial charge in [0.25, 0.3) is 0 Å². The topological polar surface area (TPSA) is 47.1 Å². The van der Waals surface area contributed by atoms with Crippen LogP contribution in [0.15, 0.2) is 12.4 Å². The van der Waals surface area contributed by atoms with Gasteiger partial charge in [-0.05, 0) is 31.8 Å². The summed E-state index contributed by atoms with van der Waals surface area (Å²) in [7, 11) is 1.95. The average molecular weight is 222 g/mol. The fourth-order valence-corrected chi connectivity index (χ4v) is 2.45. The van der Waals surface area contributed by atoms with Crippen molar-refractivity contribution >= 4 is 0 Å². The van der Waals surface area contributed by atoms with Crippen molar-refractivity contribution in [3.63, 3.8) is 0 Å². The molecule has 0 spiro atoms. The molecule has 1 fully saturated rings. The lowest BCUT2D eigenvalue weighted by Gasteiger charge is -2.35. The molecule has 0 amide bonds. The smallest absolute Gasteiger partial charge is 0.0538 e. The van der Waals surface area contributed by atoms with Gasteiger partial charge >= 0.3 is 0 Å². The van der Waals surface area contributed by atoms with Gasteiger partial charge in [-0.25, -0.2) is 0 Å². The van der Waals surface area contributed by atoms with Gasteiger partial charge in [0.15, 0.2) is 0 Å². The predicted octanol–water partition coefficient (Wildman–Crippen LogP) is 1.15. The van der Waals surface area contributed by atoms with Crippen LogP contribution in [0.2, 0.25) is 0 Å². The zero-order valence-electron chi connectivity index (χ0n) is 10.3. The minimum atomic E-state index is 0.348. The highest BCUT2D eigenvalue weighted by atomic mass is 15.3. The van der Waals surface area contributed by atoms with Crippen molar-refractivity contribution in [2.24, 2.45) is 18.7 Å². The van der Waals surface area contributed by atoms with Crippen molar-refractivity contribution < 1.29 is 0 Å². The van der Waals surface area contributed by atoms with E-state index in [0.29, 0.717) is 12.6 Å². The lowest BCUT2D eigenvalue weighted by molar-refractivity contribution is 0.141. The van der Waals surface area contributed by atoms with E-state index < -0.39 is 0 Å². The molecule has 1 aliphatic rings. The summed E-state index contributed by atoms with van der Waals surface area (Å²) in [6, 6.07) is 0.348. The van der Waals surface area contributed by atoms with Crippen LogP contribution in [0.1, 0.15) is 31.4 Å². The number of rotatable bonds is 3. The maximum absolute atomic E-state index is 5.90. The minimum Gasteiger partial charge on any atom is -0.329 e. The predicted molar refractivity (Wildman–Crippen MR) is 65.0 cm³/mol. The second-order valence-corrected chi connectivity index (χ2v) is 4.92. The molecule has 0 bridgehead atoms. The highest BCUT2D eigenvalue weighted by molar-refractivity contribution is 5.11. The van der Waals surface area contributed by atoms with Crippen molar-refractivity contribution in [1.29, 1.82) is 0 Å². The molecule has 1 aromatic rings. The first-order valence-electron chi connectivity index (χ1n) is 6.13. The fraction of sp³-hybridized carbons (Fsp3) is 0.750. The maximum Gasteiger partial charge on any atom is 0.0538 e. The quantitative estimate of drug-likeness (QED) is 0.834. The molecule has 90 valence electrons. The molecule has 16 heavy (non-hydrogen) atoms. The van der Waals surface area contributed by atoms with Gasteiger partial charge in [0.05, 0.1) is 12.2 Å². The van der Waals surface area contributed by atoms with E-state index in [1.54, 1.807) is 0 Å².